The molecule has 2 aromatic rings. The molecule has 0 saturated carbocycles. The highest BCUT2D eigenvalue weighted by molar-refractivity contribution is 6.33. The molecule has 104 valence electrons. The summed E-state index contributed by atoms with van der Waals surface area (Å²) in [5, 5.41) is 12.1. The molecule has 2 rings (SSSR count). The molecular formula is C15H14ClNO3. The van der Waals surface area contributed by atoms with Gasteiger partial charge in [0.05, 0.1) is 17.3 Å². The van der Waals surface area contributed by atoms with Crippen LogP contribution in [-0.2, 0) is 11.4 Å². The standard InChI is InChI=1S/C15H14ClNO3/c16-13-3-1-2-4-14(13)17-15(19)10-20-12-7-5-11(9-18)6-8-12/h1-8,18H,9-10H2,(H,17,19). The van der Waals surface area contributed by atoms with Gasteiger partial charge in [0.1, 0.15) is 5.75 Å². The summed E-state index contributed by atoms with van der Waals surface area (Å²) in [7, 11) is 0. The number of nitrogens with one attached hydrogen (secondary N) is 1. The summed E-state index contributed by atoms with van der Waals surface area (Å²) in [6.45, 7) is -0.128. The van der Waals surface area contributed by atoms with E-state index in [0.29, 0.717) is 16.5 Å². The van der Waals surface area contributed by atoms with Crippen LogP contribution in [0.3, 0.4) is 0 Å². The quantitative estimate of drug-likeness (QED) is 0.890. The number of rotatable bonds is 5. The van der Waals surface area contributed by atoms with Gasteiger partial charge >= 0.3 is 0 Å². The number of benzene rings is 2. The van der Waals surface area contributed by atoms with Crippen LogP contribution in [0.5, 0.6) is 5.75 Å². The van der Waals surface area contributed by atoms with Crippen molar-refractivity contribution in [3.8, 4) is 5.75 Å². The molecule has 0 bridgehead atoms. The first-order valence-electron chi connectivity index (χ1n) is 6.06. The number of aliphatic hydroxyl groups excluding tert-OH is 1. The Labute approximate surface area is 122 Å². The third-order valence-corrected chi connectivity index (χ3v) is 2.95. The summed E-state index contributed by atoms with van der Waals surface area (Å²) < 4.78 is 5.34. The minimum Gasteiger partial charge on any atom is -0.484 e. The first-order chi connectivity index (χ1) is 9.69. The van der Waals surface area contributed by atoms with Gasteiger partial charge in [-0.3, -0.25) is 4.79 Å². The average Bonchev–Trinajstić information content (AvgIpc) is 2.48. The van der Waals surface area contributed by atoms with Gasteiger partial charge < -0.3 is 15.2 Å². The van der Waals surface area contributed by atoms with Crippen LogP contribution in [0.1, 0.15) is 5.56 Å². The molecule has 5 heteroatoms. The van der Waals surface area contributed by atoms with Gasteiger partial charge in [-0.1, -0.05) is 35.9 Å². The molecule has 0 saturated heterocycles. The highest BCUT2D eigenvalue weighted by Gasteiger charge is 2.06. The molecule has 0 fully saturated rings. The maximum atomic E-state index is 11.7. The Morgan fingerprint density at radius 1 is 1.15 bits per heavy atom. The fraction of sp³-hybridized carbons (Fsp3) is 0.133. The van der Waals surface area contributed by atoms with Crippen molar-refractivity contribution >= 4 is 23.2 Å². The Bertz CT molecular complexity index is 584. The number of carbonyl (C=O) groups excluding carboxylic acids is 1. The molecule has 0 radical (unpaired) electrons. The smallest absolute Gasteiger partial charge is 0.262 e. The van der Waals surface area contributed by atoms with Gasteiger partial charge in [-0.25, -0.2) is 0 Å². The Balaban J connectivity index is 1.87. The van der Waals surface area contributed by atoms with Crippen molar-refractivity contribution in [2.24, 2.45) is 0 Å². The summed E-state index contributed by atoms with van der Waals surface area (Å²) in [5.74, 6) is 0.279. The first-order valence-corrected chi connectivity index (χ1v) is 6.44. The van der Waals surface area contributed by atoms with Crippen LogP contribution in [0, 0.1) is 0 Å². The van der Waals surface area contributed by atoms with Crippen molar-refractivity contribution in [2.75, 3.05) is 11.9 Å². The molecule has 4 nitrogen and oxygen atoms in total. The fourth-order valence-electron chi connectivity index (χ4n) is 1.59. The van der Waals surface area contributed by atoms with E-state index in [2.05, 4.69) is 5.32 Å². The van der Waals surface area contributed by atoms with Crippen LogP contribution in [-0.4, -0.2) is 17.6 Å². The molecule has 2 N–H and O–H groups in total. The second-order valence-electron chi connectivity index (χ2n) is 4.12. The van der Waals surface area contributed by atoms with Gasteiger partial charge in [0.15, 0.2) is 6.61 Å². The number of carbonyl (C=O) groups is 1. The molecule has 2 aromatic carbocycles. The summed E-state index contributed by atoms with van der Waals surface area (Å²) in [6, 6.07) is 13.9. The van der Waals surface area contributed by atoms with Crippen molar-refractivity contribution in [1.29, 1.82) is 0 Å². The predicted molar refractivity (Wildman–Crippen MR) is 77.9 cm³/mol. The molecule has 0 aliphatic carbocycles. The molecule has 0 aliphatic heterocycles. The number of aliphatic hydroxyl groups is 1. The van der Waals surface area contributed by atoms with Crippen molar-refractivity contribution in [2.45, 2.75) is 6.61 Å². The minimum absolute atomic E-state index is 0.0206. The third-order valence-electron chi connectivity index (χ3n) is 2.62. The van der Waals surface area contributed by atoms with E-state index >= 15 is 0 Å². The SMILES string of the molecule is O=C(COc1ccc(CO)cc1)Nc1ccccc1Cl. The minimum atomic E-state index is -0.288. The van der Waals surface area contributed by atoms with Crippen LogP contribution >= 0.6 is 11.6 Å². The average molecular weight is 292 g/mol. The van der Waals surface area contributed by atoms with E-state index in [1.165, 1.54) is 0 Å². The lowest BCUT2D eigenvalue weighted by molar-refractivity contribution is -0.118. The Morgan fingerprint density at radius 3 is 2.50 bits per heavy atom. The molecule has 1 amide bonds. The molecule has 0 aliphatic rings. The fourth-order valence-corrected chi connectivity index (χ4v) is 1.77. The Kier molecular flexibility index (Phi) is 4.98. The second-order valence-corrected chi connectivity index (χ2v) is 4.53. The van der Waals surface area contributed by atoms with Crippen molar-refractivity contribution < 1.29 is 14.6 Å². The van der Waals surface area contributed by atoms with Crippen LogP contribution in [0.15, 0.2) is 48.5 Å². The summed E-state index contributed by atoms with van der Waals surface area (Å²) >= 11 is 5.94. The number of halogens is 1. The lowest BCUT2D eigenvalue weighted by atomic mass is 10.2. The lowest BCUT2D eigenvalue weighted by Gasteiger charge is -2.08. The van der Waals surface area contributed by atoms with E-state index in [1.807, 2.05) is 0 Å². The largest absolute Gasteiger partial charge is 0.484 e. The van der Waals surface area contributed by atoms with E-state index < -0.39 is 0 Å². The topological polar surface area (TPSA) is 58.6 Å². The van der Waals surface area contributed by atoms with E-state index in [-0.39, 0.29) is 19.1 Å². The molecule has 20 heavy (non-hydrogen) atoms. The number of anilines is 1. The molecule has 0 unspecified atom stereocenters. The summed E-state index contributed by atoms with van der Waals surface area (Å²) in [6.07, 6.45) is 0. The molecule has 0 atom stereocenters. The van der Waals surface area contributed by atoms with Gasteiger partial charge in [0, 0.05) is 0 Å². The number of ether oxygens (including phenoxy) is 1. The van der Waals surface area contributed by atoms with Crippen LogP contribution < -0.4 is 10.1 Å². The zero-order valence-corrected chi connectivity index (χ0v) is 11.4. The van der Waals surface area contributed by atoms with E-state index in [0.717, 1.165) is 5.56 Å². The summed E-state index contributed by atoms with van der Waals surface area (Å²) in [4.78, 5) is 11.7. The molecule has 0 heterocycles. The van der Waals surface area contributed by atoms with Crippen LogP contribution in [0.4, 0.5) is 5.69 Å². The van der Waals surface area contributed by atoms with Crippen molar-refractivity contribution in [3.63, 3.8) is 0 Å². The number of hydrogen-bond acceptors (Lipinski definition) is 3. The zero-order chi connectivity index (χ0) is 14.4. The van der Waals surface area contributed by atoms with Crippen molar-refractivity contribution in [3.05, 3.63) is 59.1 Å². The normalized spacial score (nSPS) is 10.1. The monoisotopic (exact) mass is 291 g/mol. The van der Waals surface area contributed by atoms with Gasteiger partial charge in [-0.05, 0) is 29.8 Å². The van der Waals surface area contributed by atoms with Gasteiger partial charge in [0.2, 0.25) is 0 Å². The maximum absolute atomic E-state index is 11.7. The number of para-hydroxylation sites is 1. The molecular weight excluding hydrogens is 278 g/mol. The molecule has 0 aromatic heterocycles. The lowest BCUT2D eigenvalue weighted by Crippen LogP contribution is -2.20. The van der Waals surface area contributed by atoms with Crippen LogP contribution in [0.25, 0.3) is 0 Å². The highest BCUT2D eigenvalue weighted by atomic mass is 35.5. The van der Waals surface area contributed by atoms with E-state index in [4.69, 9.17) is 21.4 Å². The van der Waals surface area contributed by atoms with E-state index in [9.17, 15) is 4.79 Å². The summed E-state index contributed by atoms with van der Waals surface area (Å²) in [5.41, 5.74) is 1.34. The zero-order valence-electron chi connectivity index (χ0n) is 10.7. The Hall–Kier alpha value is -2.04. The van der Waals surface area contributed by atoms with Crippen molar-refractivity contribution in [1.82, 2.24) is 0 Å². The highest BCUT2D eigenvalue weighted by Crippen LogP contribution is 2.20. The molecule has 0 spiro atoms. The van der Waals surface area contributed by atoms with E-state index in [1.54, 1.807) is 48.5 Å². The number of hydrogen-bond donors (Lipinski definition) is 2. The van der Waals surface area contributed by atoms with Gasteiger partial charge in [-0.2, -0.15) is 0 Å². The third kappa shape index (κ3) is 3.98. The number of amides is 1. The maximum Gasteiger partial charge on any atom is 0.262 e. The predicted octanol–water partition coefficient (Wildman–Crippen LogP) is 2.85. The first kappa shape index (κ1) is 14.4. The van der Waals surface area contributed by atoms with Crippen LogP contribution in [0.2, 0.25) is 5.02 Å². The Morgan fingerprint density at radius 2 is 1.85 bits per heavy atom. The van der Waals surface area contributed by atoms with Gasteiger partial charge in [0.25, 0.3) is 5.91 Å². The van der Waals surface area contributed by atoms with Gasteiger partial charge in [-0.15, -0.1) is 0 Å². The second kappa shape index (κ2) is 6.93.